The maximum atomic E-state index is 12.5. The summed E-state index contributed by atoms with van der Waals surface area (Å²) in [6.45, 7) is 1.02. The Kier molecular flexibility index (Phi) is 4.97. The van der Waals surface area contributed by atoms with Crippen molar-refractivity contribution < 1.29 is 19.0 Å². The van der Waals surface area contributed by atoms with E-state index < -0.39 is 0 Å². The van der Waals surface area contributed by atoms with Gasteiger partial charge in [0.15, 0.2) is 11.5 Å². The van der Waals surface area contributed by atoms with E-state index >= 15 is 0 Å². The van der Waals surface area contributed by atoms with E-state index in [2.05, 4.69) is 15.6 Å². The molecule has 1 amide bonds. The van der Waals surface area contributed by atoms with E-state index in [9.17, 15) is 4.79 Å². The highest BCUT2D eigenvalue weighted by Gasteiger charge is 2.14. The number of para-hydroxylation sites is 2. The Morgan fingerprint density at radius 2 is 1.86 bits per heavy atom. The number of ether oxygens (including phenoxy) is 3. The second-order valence-electron chi connectivity index (χ2n) is 6.07. The Hall–Kier alpha value is -3.74. The number of rotatable bonds is 5. The number of anilines is 3. The van der Waals surface area contributed by atoms with Gasteiger partial charge < -0.3 is 24.8 Å². The highest BCUT2D eigenvalue weighted by molar-refractivity contribution is 6.04. The topological polar surface area (TPSA) is 81.7 Å². The number of nitrogens with one attached hydrogen (secondary N) is 2. The van der Waals surface area contributed by atoms with Crippen LogP contribution in [-0.4, -0.2) is 31.2 Å². The lowest BCUT2D eigenvalue weighted by atomic mass is 10.2. The van der Waals surface area contributed by atoms with Crippen LogP contribution >= 0.6 is 0 Å². The molecule has 142 valence electrons. The highest BCUT2D eigenvalue weighted by Crippen LogP contribution is 2.32. The fraction of sp³-hybridized carbons (Fsp3) is 0.143. The molecule has 3 aromatic rings. The molecule has 0 spiro atoms. The Labute approximate surface area is 162 Å². The summed E-state index contributed by atoms with van der Waals surface area (Å²) in [5.74, 6) is 2.37. The van der Waals surface area contributed by atoms with Crippen LogP contribution in [0.4, 0.5) is 17.2 Å². The van der Waals surface area contributed by atoms with E-state index in [-0.39, 0.29) is 5.91 Å². The molecule has 2 N–H and O–H groups in total. The van der Waals surface area contributed by atoms with Gasteiger partial charge in [0.1, 0.15) is 24.8 Å². The van der Waals surface area contributed by atoms with Crippen molar-refractivity contribution in [3.63, 3.8) is 0 Å². The zero-order valence-electron chi connectivity index (χ0n) is 15.3. The third-order valence-electron chi connectivity index (χ3n) is 4.20. The molecule has 0 atom stereocenters. The van der Waals surface area contributed by atoms with Crippen molar-refractivity contribution >= 4 is 23.1 Å². The summed E-state index contributed by atoms with van der Waals surface area (Å²) in [6.07, 6.45) is 1.52. The van der Waals surface area contributed by atoms with E-state index in [1.807, 2.05) is 24.3 Å². The monoisotopic (exact) mass is 377 g/mol. The van der Waals surface area contributed by atoms with Crippen molar-refractivity contribution in [1.82, 2.24) is 4.98 Å². The summed E-state index contributed by atoms with van der Waals surface area (Å²) in [4.78, 5) is 16.8. The molecular formula is C21H19N3O4. The SMILES string of the molecule is COc1ccccc1Nc1ccc(C(=O)Nc2ccc3c(c2)OCCO3)cn1. The van der Waals surface area contributed by atoms with Gasteiger partial charge in [0.05, 0.1) is 18.4 Å². The van der Waals surface area contributed by atoms with Gasteiger partial charge in [0.25, 0.3) is 5.91 Å². The first kappa shape index (κ1) is 17.7. The molecule has 0 radical (unpaired) electrons. The number of aromatic nitrogens is 1. The lowest BCUT2D eigenvalue weighted by molar-refractivity contribution is 0.102. The fourth-order valence-electron chi connectivity index (χ4n) is 2.81. The first-order chi connectivity index (χ1) is 13.7. The highest BCUT2D eigenvalue weighted by atomic mass is 16.6. The van der Waals surface area contributed by atoms with Crippen molar-refractivity contribution in [1.29, 1.82) is 0 Å². The molecule has 2 heterocycles. The molecule has 0 unspecified atom stereocenters. The molecule has 2 aromatic carbocycles. The second kappa shape index (κ2) is 7.87. The number of methoxy groups -OCH3 is 1. The van der Waals surface area contributed by atoms with E-state index in [4.69, 9.17) is 14.2 Å². The predicted molar refractivity (Wildman–Crippen MR) is 106 cm³/mol. The number of hydrogen-bond acceptors (Lipinski definition) is 6. The summed E-state index contributed by atoms with van der Waals surface area (Å²) in [5.41, 5.74) is 1.87. The molecule has 0 saturated carbocycles. The van der Waals surface area contributed by atoms with Gasteiger partial charge in [0, 0.05) is 18.0 Å². The summed E-state index contributed by atoms with van der Waals surface area (Å²) >= 11 is 0. The van der Waals surface area contributed by atoms with E-state index in [0.717, 1.165) is 5.69 Å². The molecule has 0 fully saturated rings. The average molecular weight is 377 g/mol. The average Bonchev–Trinajstić information content (AvgIpc) is 2.74. The maximum absolute atomic E-state index is 12.5. The minimum atomic E-state index is -0.256. The smallest absolute Gasteiger partial charge is 0.257 e. The molecule has 1 aromatic heterocycles. The molecule has 1 aliphatic rings. The fourth-order valence-corrected chi connectivity index (χ4v) is 2.81. The Morgan fingerprint density at radius 3 is 2.64 bits per heavy atom. The van der Waals surface area contributed by atoms with E-state index in [1.165, 1.54) is 6.20 Å². The van der Waals surface area contributed by atoms with Crippen LogP contribution in [0.2, 0.25) is 0 Å². The van der Waals surface area contributed by atoms with Gasteiger partial charge in [-0.15, -0.1) is 0 Å². The van der Waals surface area contributed by atoms with Crippen molar-refractivity contribution in [2.45, 2.75) is 0 Å². The lowest BCUT2D eigenvalue weighted by Crippen LogP contribution is -2.16. The number of benzene rings is 2. The zero-order chi connectivity index (χ0) is 19.3. The summed E-state index contributed by atoms with van der Waals surface area (Å²) in [7, 11) is 1.61. The normalized spacial score (nSPS) is 12.2. The van der Waals surface area contributed by atoms with Gasteiger partial charge in [-0.1, -0.05) is 12.1 Å². The van der Waals surface area contributed by atoms with Crippen LogP contribution < -0.4 is 24.8 Å². The minimum absolute atomic E-state index is 0.256. The van der Waals surface area contributed by atoms with Gasteiger partial charge in [-0.25, -0.2) is 4.98 Å². The van der Waals surface area contributed by atoms with Crippen LogP contribution in [0.3, 0.4) is 0 Å². The second-order valence-corrected chi connectivity index (χ2v) is 6.07. The zero-order valence-corrected chi connectivity index (χ0v) is 15.3. The molecule has 0 bridgehead atoms. The van der Waals surface area contributed by atoms with Crippen LogP contribution in [0.25, 0.3) is 0 Å². The molecule has 7 heteroatoms. The van der Waals surface area contributed by atoms with Crippen LogP contribution in [0, 0.1) is 0 Å². The van der Waals surface area contributed by atoms with Gasteiger partial charge in [-0.3, -0.25) is 4.79 Å². The number of carbonyl (C=O) groups is 1. The Morgan fingerprint density at radius 1 is 1.04 bits per heavy atom. The summed E-state index contributed by atoms with van der Waals surface area (Å²) in [6, 6.07) is 16.3. The first-order valence-corrected chi connectivity index (χ1v) is 8.80. The molecule has 4 rings (SSSR count). The molecular weight excluding hydrogens is 358 g/mol. The molecule has 1 aliphatic heterocycles. The van der Waals surface area contributed by atoms with Crippen LogP contribution in [0.15, 0.2) is 60.8 Å². The van der Waals surface area contributed by atoms with Gasteiger partial charge >= 0.3 is 0 Å². The van der Waals surface area contributed by atoms with Crippen molar-refractivity contribution in [3.8, 4) is 17.2 Å². The van der Waals surface area contributed by atoms with E-state index in [1.54, 1.807) is 37.4 Å². The lowest BCUT2D eigenvalue weighted by Gasteiger charge is -2.19. The third kappa shape index (κ3) is 3.83. The van der Waals surface area contributed by atoms with Crippen molar-refractivity contribution in [2.75, 3.05) is 31.0 Å². The number of pyridine rings is 1. The van der Waals surface area contributed by atoms with Crippen LogP contribution in [-0.2, 0) is 0 Å². The van der Waals surface area contributed by atoms with Gasteiger partial charge in [0.2, 0.25) is 0 Å². The third-order valence-corrected chi connectivity index (χ3v) is 4.20. The largest absolute Gasteiger partial charge is 0.495 e. The summed E-state index contributed by atoms with van der Waals surface area (Å²) in [5, 5.41) is 6.02. The molecule has 0 aliphatic carbocycles. The van der Waals surface area contributed by atoms with Crippen LogP contribution in [0.5, 0.6) is 17.2 Å². The maximum Gasteiger partial charge on any atom is 0.257 e. The van der Waals surface area contributed by atoms with E-state index in [0.29, 0.717) is 47.5 Å². The number of amides is 1. The van der Waals surface area contributed by atoms with Gasteiger partial charge in [-0.05, 0) is 36.4 Å². The first-order valence-electron chi connectivity index (χ1n) is 8.80. The van der Waals surface area contributed by atoms with Crippen molar-refractivity contribution in [3.05, 3.63) is 66.4 Å². The standard InChI is InChI=1S/C21H19N3O4/c1-26-17-5-3-2-4-16(17)24-20-9-6-14(13-22-20)21(25)23-15-7-8-18-19(12-15)28-11-10-27-18/h2-9,12-13H,10-11H2,1H3,(H,22,24)(H,23,25). The Balaban J connectivity index is 1.44. The number of nitrogens with zero attached hydrogens (tertiary/aromatic N) is 1. The molecule has 7 nitrogen and oxygen atoms in total. The van der Waals surface area contributed by atoms with Crippen molar-refractivity contribution in [2.24, 2.45) is 0 Å². The quantitative estimate of drug-likeness (QED) is 0.703. The predicted octanol–water partition coefficient (Wildman–Crippen LogP) is 3.86. The molecule has 28 heavy (non-hydrogen) atoms. The van der Waals surface area contributed by atoms with Gasteiger partial charge in [-0.2, -0.15) is 0 Å². The molecule has 0 saturated heterocycles. The number of hydrogen-bond donors (Lipinski definition) is 2. The summed E-state index contributed by atoms with van der Waals surface area (Å²) < 4.78 is 16.3. The van der Waals surface area contributed by atoms with Crippen LogP contribution in [0.1, 0.15) is 10.4 Å². The minimum Gasteiger partial charge on any atom is -0.495 e. The Bertz CT molecular complexity index is 989. The number of fused-ring (bicyclic) bond motifs is 1. The number of carbonyl (C=O) groups excluding carboxylic acids is 1.